The number of amides is 2. The summed E-state index contributed by atoms with van der Waals surface area (Å²) in [6, 6.07) is 7.47. The highest BCUT2D eigenvalue weighted by molar-refractivity contribution is 6.21. The fourth-order valence-corrected chi connectivity index (χ4v) is 2.56. The molecule has 0 bridgehead atoms. The minimum atomic E-state index is -0.260. The van der Waals surface area contributed by atoms with Crippen LogP contribution in [0.5, 0.6) is 0 Å². The number of hydrogen-bond donors (Lipinski definition) is 1. The SMILES string of the molecule is CC(C)C[NH2+][C@H]1CC(=O)N(c2ccc(C(C)C)cc2)C1=O. The molecule has 0 spiro atoms. The molecule has 21 heavy (non-hydrogen) atoms. The van der Waals surface area contributed by atoms with Crippen molar-refractivity contribution in [3.05, 3.63) is 29.8 Å². The first-order valence-corrected chi connectivity index (χ1v) is 7.70. The predicted molar refractivity (Wildman–Crippen MR) is 83.1 cm³/mol. The van der Waals surface area contributed by atoms with Crippen LogP contribution in [0, 0.1) is 5.92 Å². The lowest BCUT2D eigenvalue weighted by Gasteiger charge is -2.15. The third-order valence-corrected chi connectivity index (χ3v) is 3.89. The highest BCUT2D eigenvalue weighted by Gasteiger charge is 2.42. The number of nitrogens with zero attached hydrogens (tertiary/aromatic N) is 1. The van der Waals surface area contributed by atoms with E-state index in [0.29, 0.717) is 23.9 Å². The van der Waals surface area contributed by atoms with E-state index in [0.717, 1.165) is 6.54 Å². The maximum atomic E-state index is 12.4. The summed E-state index contributed by atoms with van der Waals surface area (Å²) in [4.78, 5) is 25.9. The maximum Gasteiger partial charge on any atom is 0.292 e. The standard InChI is InChI=1S/C17H24N2O2/c1-11(2)10-18-15-9-16(20)19(17(15)21)14-7-5-13(6-8-14)12(3)4/h5-8,11-12,15,18H,9-10H2,1-4H3/p+1/t15-/m0/s1. The van der Waals surface area contributed by atoms with Crippen LogP contribution in [0.1, 0.15) is 45.6 Å². The van der Waals surface area contributed by atoms with Crippen molar-refractivity contribution in [3.8, 4) is 0 Å². The zero-order valence-corrected chi connectivity index (χ0v) is 13.3. The van der Waals surface area contributed by atoms with Gasteiger partial charge in [0.05, 0.1) is 18.7 Å². The van der Waals surface area contributed by atoms with Gasteiger partial charge < -0.3 is 5.32 Å². The van der Waals surface area contributed by atoms with Crippen LogP contribution >= 0.6 is 0 Å². The van der Waals surface area contributed by atoms with Crippen LogP contribution < -0.4 is 10.2 Å². The molecule has 2 rings (SSSR count). The van der Waals surface area contributed by atoms with Crippen LogP contribution in [0.2, 0.25) is 0 Å². The van der Waals surface area contributed by atoms with Crippen molar-refractivity contribution >= 4 is 17.5 Å². The number of rotatable bonds is 5. The number of carbonyl (C=O) groups excluding carboxylic acids is 2. The lowest BCUT2D eigenvalue weighted by Crippen LogP contribution is -2.92. The van der Waals surface area contributed by atoms with E-state index < -0.39 is 0 Å². The fraction of sp³-hybridized carbons (Fsp3) is 0.529. The molecule has 1 heterocycles. The number of quaternary nitrogens is 1. The zero-order chi connectivity index (χ0) is 15.6. The Kier molecular flexibility index (Phi) is 4.78. The molecule has 2 N–H and O–H groups in total. The molecule has 1 atom stereocenters. The molecule has 4 nitrogen and oxygen atoms in total. The second-order valence-corrected chi connectivity index (χ2v) is 6.49. The van der Waals surface area contributed by atoms with Gasteiger partial charge in [-0.1, -0.05) is 39.8 Å². The molecule has 0 aromatic heterocycles. The molecule has 0 aliphatic carbocycles. The zero-order valence-electron chi connectivity index (χ0n) is 13.3. The lowest BCUT2D eigenvalue weighted by atomic mass is 10.0. The molecular formula is C17H25N2O2+. The van der Waals surface area contributed by atoms with E-state index in [1.54, 1.807) is 0 Å². The van der Waals surface area contributed by atoms with Gasteiger partial charge in [-0.25, -0.2) is 4.90 Å². The molecule has 0 radical (unpaired) electrons. The van der Waals surface area contributed by atoms with Crippen LogP contribution in [-0.4, -0.2) is 24.4 Å². The van der Waals surface area contributed by atoms with Gasteiger partial charge in [0.15, 0.2) is 6.04 Å². The molecule has 114 valence electrons. The minimum Gasteiger partial charge on any atom is -0.335 e. The Balaban J connectivity index is 2.12. The third-order valence-electron chi connectivity index (χ3n) is 3.89. The van der Waals surface area contributed by atoms with Crippen molar-refractivity contribution in [3.63, 3.8) is 0 Å². The molecule has 1 aromatic carbocycles. The molecular weight excluding hydrogens is 264 g/mol. The Labute approximate surface area is 126 Å². The Morgan fingerprint density at radius 1 is 1.14 bits per heavy atom. The van der Waals surface area contributed by atoms with Crippen molar-refractivity contribution < 1.29 is 14.9 Å². The van der Waals surface area contributed by atoms with Crippen LogP contribution in [0.15, 0.2) is 24.3 Å². The van der Waals surface area contributed by atoms with Gasteiger partial charge in [-0.3, -0.25) is 9.59 Å². The lowest BCUT2D eigenvalue weighted by molar-refractivity contribution is -0.679. The molecule has 1 aliphatic rings. The van der Waals surface area contributed by atoms with E-state index in [9.17, 15) is 9.59 Å². The quantitative estimate of drug-likeness (QED) is 0.838. The van der Waals surface area contributed by atoms with Crippen molar-refractivity contribution in [2.75, 3.05) is 11.4 Å². The first-order valence-electron chi connectivity index (χ1n) is 7.70. The van der Waals surface area contributed by atoms with Gasteiger partial charge in [0.2, 0.25) is 5.91 Å². The number of imide groups is 1. The maximum absolute atomic E-state index is 12.4. The second-order valence-electron chi connectivity index (χ2n) is 6.49. The minimum absolute atomic E-state index is 0.0852. The van der Waals surface area contributed by atoms with Gasteiger partial charge in [0.25, 0.3) is 5.91 Å². The summed E-state index contributed by atoms with van der Waals surface area (Å²) in [5.41, 5.74) is 1.90. The van der Waals surface area contributed by atoms with Crippen molar-refractivity contribution in [2.45, 2.75) is 46.1 Å². The Hall–Kier alpha value is -1.68. The van der Waals surface area contributed by atoms with E-state index in [2.05, 4.69) is 27.7 Å². The summed E-state index contributed by atoms with van der Waals surface area (Å²) in [5, 5.41) is 1.99. The molecule has 1 aliphatic heterocycles. The summed E-state index contributed by atoms with van der Waals surface area (Å²) >= 11 is 0. The average molecular weight is 289 g/mol. The summed E-state index contributed by atoms with van der Waals surface area (Å²) in [6.07, 6.45) is 0.303. The summed E-state index contributed by atoms with van der Waals surface area (Å²) in [7, 11) is 0. The molecule has 1 fully saturated rings. The number of nitrogens with two attached hydrogens (primary N) is 1. The number of anilines is 1. The number of benzene rings is 1. The monoisotopic (exact) mass is 289 g/mol. The topological polar surface area (TPSA) is 54.0 Å². The molecule has 1 aromatic rings. The Morgan fingerprint density at radius 2 is 1.76 bits per heavy atom. The first-order chi connectivity index (χ1) is 9.90. The van der Waals surface area contributed by atoms with Gasteiger partial charge in [0.1, 0.15) is 0 Å². The van der Waals surface area contributed by atoms with E-state index >= 15 is 0 Å². The van der Waals surface area contributed by atoms with Crippen LogP contribution in [0.25, 0.3) is 0 Å². The third kappa shape index (κ3) is 3.50. The van der Waals surface area contributed by atoms with E-state index in [4.69, 9.17) is 0 Å². The number of carbonyl (C=O) groups is 2. The van der Waals surface area contributed by atoms with Crippen LogP contribution in [0.4, 0.5) is 5.69 Å². The Morgan fingerprint density at radius 3 is 2.29 bits per heavy atom. The molecule has 0 unspecified atom stereocenters. The van der Waals surface area contributed by atoms with Crippen LogP contribution in [0.3, 0.4) is 0 Å². The van der Waals surface area contributed by atoms with Crippen LogP contribution in [-0.2, 0) is 9.59 Å². The van der Waals surface area contributed by atoms with Crippen molar-refractivity contribution in [2.24, 2.45) is 5.92 Å². The summed E-state index contributed by atoms with van der Waals surface area (Å²) < 4.78 is 0. The van der Waals surface area contributed by atoms with Gasteiger partial charge >= 0.3 is 0 Å². The van der Waals surface area contributed by atoms with Gasteiger partial charge in [-0.2, -0.15) is 0 Å². The van der Waals surface area contributed by atoms with Crippen molar-refractivity contribution in [1.29, 1.82) is 0 Å². The fourth-order valence-electron chi connectivity index (χ4n) is 2.56. The molecule has 4 heteroatoms. The molecule has 0 saturated carbocycles. The first kappa shape index (κ1) is 15.7. The second kappa shape index (κ2) is 6.39. The van der Waals surface area contributed by atoms with Gasteiger partial charge in [-0.15, -0.1) is 0 Å². The van der Waals surface area contributed by atoms with Gasteiger partial charge in [0, 0.05) is 5.92 Å². The summed E-state index contributed by atoms with van der Waals surface area (Å²) in [5.74, 6) is 0.767. The summed E-state index contributed by atoms with van der Waals surface area (Å²) in [6.45, 7) is 9.33. The van der Waals surface area contributed by atoms with Gasteiger partial charge in [-0.05, 0) is 23.6 Å². The van der Waals surface area contributed by atoms with Crippen molar-refractivity contribution in [1.82, 2.24) is 0 Å². The molecule has 1 saturated heterocycles. The predicted octanol–water partition coefficient (Wildman–Crippen LogP) is 1.66. The Bertz CT molecular complexity index is 520. The largest absolute Gasteiger partial charge is 0.335 e. The van der Waals surface area contributed by atoms with E-state index in [1.165, 1.54) is 10.5 Å². The average Bonchev–Trinajstić information content (AvgIpc) is 2.71. The highest BCUT2D eigenvalue weighted by atomic mass is 16.2. The smallest absolute Gasteiger partial charge is 0.292 e. The van der Waals surface area contributed by atoms with E-state index in [-0.39, 0.29) is 17.9 Å². The molecule has 2 amide bonds. The normalized spacial score (nSPS) is 19.1. The van der Waals surface area contributed by atoms with E-state index in [1.807, 2.05) is 29.6 Å². The highest BCUT2D eigenvalue weighted by Crippen LogP contribution is 2.24. The number of hydrogen-bond acceptors (Lipinski definition) is 2.